The fraction of sp³-hybridized carbons (Fsp3) is 0.667. The first-order valence-corrected chi connectivity index (χ1v) is 3.36. The molecule has 0 unspecified atom stereocenters. The van der Waals surface area contributed by atoms with Crippen LogP contribution >= 0.6 is 12.2 Å². The summed E-state index contributed by atoms with van der Waals surface area (Å²) in [4.78, 5) is 13.5. The second kappa shape index (κ2) is 4.22. The average Bonchev–Trinajstić information content (AvgIpc) is 1.87. The summed E-state index contributed by atoms with van der Waals surface area (Å²) >= 11 is 4.96. The molecule has 10 heavy (non-hydrogen) atoms. The van der Waals surface area contributed by atoms with Crippen molar-refractivity contribution in [2.45, 2.75) is 0 Å². The normalized spacial score (nSPS) is 8.70. The highest BCUT2D eigenvalue weighted by molar-refractivity contribution is 7.80. The molecule has 0 aliphatic carbocycles. The number of likely N-dealkylation sites (N-methyl/N-ethyl adjacent to an activating group) is 1. The van der Waals surface area contributed by atoms with Gasteiger partial charge in [-0.25, -0.2) is 0 Å². The second-order valence-corrected chi connectivity index (χ2v) is 2.59. The van der Waals surface area contributed by atoms with Gasteiger partial charge in [-0.2, -0.15) is 0 Å². The molecular weight excluding hydrogens is 148 g/mol. The molecule has 0 fully saturated rings. The van der Waals surface area contributed by atoms with Crippen molar-refractivity contribution >= 4 is 23.6 Å². The Bertz CT molecular complexity index is 136. The van der Waals surface area contributed by atoms with Gasteiger partial charge in [0.15, 0.2) is 5.11 Å². The summed E-state index contributed by atoms with van der Waals surface area (Å²) in [5.74, 6) is 0. The minimum Gasteiger partial charge on any atom is -0.355 e. The maximum atomic E-state index is 10.0. The highest BCUT2D eigenvalue weighted by atomic mass is 32.1. The molecule has 0 radical (unpaired) electrons. The molecule has 0 bridgehead atoms. The fourth-order valence-electron chi connectivity index (χ4n) is 0.531. The van der Waals surface area contributed by atoms with Gasteiger partial charge in [-0.1, -0.05) is 0 Å². The zero-order valence-corrected chi connectivity index (χ0v) is 7.31. The van der Waals surface area contributed by atoms with Gasteiger partial charge in [0.2, 0.25) is 0 Å². The lowest BCUT2D eigenvalue weighted by Crippen LogP contribution is -2.36. The van der Waals surface area contributed by atoms with Crippen molar-refractivity contribution in [2.75, 3.05) is 27.7 Å². The SMILES string of the molecule is CN(C)C(=S)N(C)CC=O. The van der Waals surface area contributed by atoms with E-state index in [0.29, 0.717) is 11.7 Å². The van der Waals surface area contributed by atoms with Crippen molar-refractivity contribution < 1.29 is 4.79 Å². The largest absolute Gasteiger partial charge is 0.355 e. The van der Waals surface area contributed by atoms with Crippen LogP contribution in [-0.2, 0) is 4.79 Å². The summed E-state index contributed by atoms with van der Waals surface area (Å²) in [6.07, 6.45) is 0.829. The number of thiocarbonyl (C=S) groups is 1. The third kappa shape index (κ3) is 2.77. The Balaban J connectivity index is 3.81. The van der Waals surface area contributed by atoms with E-state index in [-0.39, 0.29) is 0 Å². The summed E-state index contributed by atoms with van der Waals surface area (Å²) in [6, 6.07) is 0. The van der Waals surface area contributed by atoms with E-state index in [0.717, 1.165) is 6.29 Å². The summed E-state index contributed by atoms with van der Waals surface area (Å²) in [7, 11) is 5.49. The van der Waals surface area contributed by atoms with Gasteiger partial charge in [0.25, 0.3) is 0 Å². The van der Waals surface area contributed by atoms with Crippen molar-refractivity contribution in [3.05, 3.63) is 0 Å². The van der Waals surface area contributed by atoms with Crippen molar-refractivity contribution in [3.8, 4) is 0 Å². The predicted octanol–water partition coefficient (Wildman–Crippen LogP) is -0.0364. The maximum absolute atomic E-state index is 10.0. The van der Waals surface area contributed by atoms with Crippen LogP contribution in [0.25, 0.3) is 0 Å². The van der Waals surface area contributed by atoms with Crippen LogP contribution in [0.4, 0.5) is 0 Å². The topological polar surface area (TPSA) is 23.6 Å². The third-order valence-corrected chi connectivity index (χ3v) is 1.73. The van der Waals surface area contributed by atoms with Crippen LogP contribution in [-0.4, -0.2) is 48.9 Å². The van der Waals surface area contributed by atoms with Gasteiger partial charge in [-0.3, -0.25) is 0 Å². The molecule has 0 rings (SSSR count). The molecule has 0 amide bonds. The van der Waals surface area contributed by atoms with Crippen LogP contribution in [0, 0.1) is 0 Å². The molecule has 0 aromatic rings. The zero-order chi connectivity index (χ0) is 8.15. The highest BCUT2D eigenvalue weighted by Gasteiger charge is 2.03. The molecule has 0 aromatic carbocycles. The van der Waals surface area contributed by atoms with Crippen LogP contribution in [0.15, 0.2) is 0 Å². The van der Waals surface area contributed by atoms with Gasteiger partial charge >= 0.3 is 0 Å². The minimum atomic E-state index is 0.358. The van der Waals surface area contributed by atoms with E-state index < -0.39 is 0 Å². The number of rotatable bonds is 2. The molecule has 58 valence electrons. The smallest absolute Gasteiger partial charge is 0.171 e. The van der Waals surface area contributed by atoms with Crippen molar-refractivity contribution in [1.82, 2.24) is 9.80 Å². The zero-order valence-electron chi connectivity index (χ0n) is 6.50. The van der Waals surface area contributed by atoms with Crippen LogP contribution in [0.3, 0.4) is 0 Å². The molecule has 0 saturated heterocycles. The lowest BCUT2D eigenvalue weighted by Gasteiger charge is -2.22. The van der Waals surface area contributed by atoms with E-state index in [1.165, 1.54) is 0 Å². The Morgan fingerprint density at radius 2 is 2.00 bits per heavy atom. The van der Waals surface area contributed by atoms with Gasteiger partial charge < -0.3 is 14.6 Å². The predicted molar refractivity (Wildman–Crippen MR) is 45.0 cm³/mol. The van der Waals surface area contributed by atoms with Crippen molar-refractivity contribution in [1.29, 1.82) is 0 Å². The van der Waals surface area contributed by atoms with Crippen LogP contribution < -0.4 is 0 Å². The molecule has 4 heteroatoms. The molecule has 0 N–H and O–H groups in total. The maximum Gasteiger partial charge on any atom is 0.171 e. The number of hydrogen-bond donors (Lipinski definition) is 0. The summed E-state index contributed by atoms with van der Waals surface area (Å²) in [5, 5.41) is 0.673. The van der Waals surface area contributed by atoms with Gasteiger partial charge in [-0.05, 0) is 12.2 Å². The molecule has 0 atom stereocenters. The molecule has 0 spiro atoms. The third-order valence-electron chi connectivity index (χ3n) is 1.06. The highest BCUT2D eigenvalue weighted by Crippen LogP contribution is 1.88. The Hall–Kier alpha value is -0.640. The van der Waals surface area contributed by atoms with Gasteiger partial charge in [0.05, 0.1) is 6.54 Å². The first-order valence-electron chi connectivity index (χ1n) is 2.95. The van der Waals surface area contributed by atoms with Crippen molar-refractivity contribution in [3.63, 3.8) is 0 Å². The standard InChI is InChI=1S/C6H12N2OS/c1-7(2)6(10)8(3)4-5-9/h5H,4H2,1-3H3. The Labute approximate surface area is 66.6 Å². The van der Waals surface area contributed by atoms with Gasteiger partial charge in [-0.15, -0.1) is 0 Å². The number of hydrogen-bond acceptors (Lipinski definition) is 2. The van der Waals surface area contributed by atoms with E-state index in [2.05, 4.69) is 0 Å². The number of carbonyl (C=O) groups excluding carboxylic acids is 1. The van der Waals surface area contributed by atoms with Crippen LogP contribution in [0.2, 0.25) is 0 Å². The Morgan fingerprint density at radius 3 is 2.30 bits per heavy atom. The van der Waals surface area contributed by atoms with E-state index in [1.54, 1.807) is 16.8 Å². The minimum absolute atomic E-state index is 0.358. The lowest BCUT2D eigenvalue weighted by atomic mass is 10.6. The van der Waals surface area contributed by atoms with Crippen LogP contribution in [0.1, 0.15) is 0 Å². The van der Waals surface area contributed by atoms with E-state index >= 15 is 0 Å². The Morgan fingerprint density at radius 1 is 1.50 bits per heavy atom. The number of nitrogens with zero attached hydrogens (tertiary/aromatic N) is 2. The molecule has 3 nitrogen and oxygen atoms in total. The molecule has 0 aliphatic heterocycles. The number of carbonyl (C=O) groups is 1. The monoisotopic (exact) mass is 160 g/mol. The fourth-order valence-corrected chi connectivity index (χ4v) is 0.606. The van der Waals surface area contributed by atoms with Gasteiger partial charge in [0.1, 0.15) is 6.29 Å². The average molecular weight is 160 g/mol. The number of aldehydes is 1. The van der Waals surface area contributed by atoms with E-state index in [4.69, 9.17) is 12.2 Å². The first kappa shape index (κ1) is 9.36. The summed E-state index contributed by atoms with van der Waals surface area (Å²) in [6.45, 7) is 0.358. The molecule has 0 saturated carbocycles. The summed E-state index contributed by atoms with van der Waals surface area (Å²) < 4.78 is 0. The second-order valence-electron chi connectivity index (χ2n) is 2.22. The van der Waals surface area contributed by atoms with E-state index in [9.17, 15) is 4.79 Å². The van der Waals surface area contributed by atoms with E-state index in [1.807, 2.05) is 14.1 Å². The molecule has 0 heterocycles. The molecular formula is C6H12N2OS. The van der Waals surface area contributed by atoms with Gasteiger partial charge in [0, 0.05) is 21.1 Å². The van der Waals surface area contributed by atoms with Crippen molar-refractivity contribution in [2.24, 2.45) is 0 Å². The molecule has 0 aliphatic rings. The quantitative estimate of drug-likeness (QED) is 0.418. The first-order chi connectivity index (χ1) is 4.59. The summed E-state index contributed by atoms with van der Waals surface area (Å²) in [5.41, 5.74) is 0. The lowest BCUT2D eigenvalue weighted by molar-refractivity contribution is -0.108. The Kier molecular flexibility index (Phi) is 3.95. The molecule has 0 aromatic heterocycles. The van der Waals surface area contributed by atoms with Crippen LogP contribution in [0.5, 0.6) is 0 Å².